The van der Waals surface area contributed by atoms with E-state index in [1.54, 1.807) is 0 Å². The van der Waals surface area contributed by atoms with Crippen LogP contribution in [0.5, 0.6) is 0 Å². The van der Waals surface area contributed by atoms with Crippen molar-refractivity contribution in [3.8, 4) is 0 Å². The summed E-state index contributed by atoms with van der Waals surface area (Å²) in [5, 5.41) is 14.6. The molecule has 2 amide bonds. The molecule has 0 unspecified atom stereocenters. The Labute approximate surface area is 161 Å². The number of hydrogen-bond acceptors (Lipinski definition) is 3. The molecule has 0 spiro atoms. The fourth-order valence-corrected chi connectivity index (χ4v) is 2.82. The van der Waals surface area contributed by atoms with Gasteiger partial charge in [-0.1, -0.05) is 55.7 Å². The van der Waals surface area contributed by atoms with Gasteiger partial charge in [0.2, 0.25) is 11.8 Å². The second-order valence-electron chi connectivity index (χ2n) is 6.62. The van der Waals surface area contributed by atoms with E-state index in [-0.39, 0.29) is 5.91 Å². The highest BCUT2D eigenvalue weighted by molar-refractivity contribution is 5.90. The van der Waals surface area contributed by atoms with Crippen LogP contribution < -0.4 is 10.6 Å². The molecule has 0 aliphatic heterocycles. The minimum atomic E-state index is -1.06. The van der Waals surface area contributed by atoms with Gasteiger partial charge in [0.25, 0.3) is 0 Å². The minimum absolute atomic E-state index is 0.306. The molecule has 0 fully saturated rings. The number of hydrogen-bond donors (Lipinski definition) is 3. The van der Waals surface area contributed by atoms with E-state index in [2.05, 4.69) is 17.2 Å². The molecular formula is C21H30N2O4. The van der Waals surface area contributed by atoms with E-state index in [0.717, 1.165) is 37.7 Å². The molecular weight excluding hydrogens is 344 g/mol. The number of allylic oxidation sites excluding steroid dienone is 1. The second-order valence-corrected chi connectivity index (χ2v) is 6.62. The number of benzene rings is 1. The standard InChI is InChI=1S/C21H30N2O4/c1-3-4-5-6-7-11-14-18(21(26)27)23-20(25)19(22-16(2)24)15-17-12-9-8-10-13-17/h3,8-10,12-13,18-19H,1,4-7,11,14-15H2,2H3,(H,22,24)(H,23,25)(H,26,27)/t18-,19-/m0/s1. The van der Waals surface area contributed by atoms with Crippen LogP contribution in [0.15, 0.2) is 43.0 Å². The van der Waals surface area contributed by atoms with E-state index in [1.807, 2.05) is 36.4 Å². The fourth-order valence-electron chi connectivity index (χ4n) is 2.82. The second kappa shape index (κ2) is 12.7. The number of aliphatic carboxylic acids is 1. The van der Waals surface area contributed by atoms with Gasteiger partial charge in [0.1, 0.15) is 12.1 Å². The summed E-state index contributed by atoms with van der Waals surface area (Å²) in [6, 6.07) is 7.53. The Bertz CT molecular complexity index is 616. The largest absolute Gasteiger partial charge is 0.480 e. The summed E-state index contributed by atoms with van der Waals surface area (Å²) in [4.78, 5) is 35.5. The summed E-state index contributed by atoms with van der Waals surface area (Å²) in [7, 11) is 0. The SMILES string of the molecule is C=CCCCCCC[C@H](NC(=O)[C@H](Cc1ccccc1)NC(C)=O)C(=O)O. The lowest BCUT2D eigenvalue weighted by molar-refractivity contribution is -0.142. The van der Waals surface area contributed by atoms with E-state index in [4.69, 9.17) is 0 Å². The third kappa shape index (κ3) is 9.58. The van der Waals surface area contributed by atoms with E-state index in [9.17, 15) is 19.5 Å². The molecule has 6 heteroatoms. The van der Waals surface area contributed by atoms with E-state index in [1.165, 1.54) is 6.92 Å². The maximum absolute atomic E-state index is 12.6. The average Bonchev–Trinajstić information content (AvgIpc) is 2.63. The van der Waals surface area contributed by atoms with Gasteiger partial charge in [-0.25, -0.2) is 4.79 Å². The zero-order chi connectivity index (χ0) is 20.1. The van der Waals surface area contributed by atoms with Crippen LogP contribution in [0, 0.1) is 0 Å². The first kappa shape index (κ1) is 22.4. The third-order valence-electron chi connectivity index (χ3n) is 4.24. The van der Waals surface area contributed by atoms with Gasteiger partial charge in [-0.05, 0) is 24.8 Å². The van der Waals surface area contributed by atoms with Gasteiger partial charge in [-0.3, -0.25) is 9.59 Å². The molecule has 1 aromatic carbocycles. The van der Waals surface area contributed by atoms with Crippen molar-refractivity contribution in [1.29, 1.82) is 0 Å². The van der Waals surface area contributed by atoms with Gasteiger partial charge in [0, 0.05) is 13.3 Å². The monoisotopic (exact) mass is 374 g/mol. The van der Waals surface area contributed by atoms with Crippen LogP contribution in [-0.4, -0.2) is 35.0 Å². The Hall–Kier alpha value is -2.63. The summed E-state index contributed by atoms with van der Waals surface area (Å²) in [6.07, 6.45) is 7.17. The number of carbonyl (C=O) groups is 3. The predicted octanol–water partition coefficient (Wildman–Crippen LogP) is 2.83. The van der Waals surface area contributed by atoms with Crippen molar-refractivity contribution in [3.05, 3.63) is 48.6 Å². The topological polar surface area (TPSA) is 95.5 Å². The summed E-state index contributed by atoms with van der Waals surface area (Å²) < 4.78 is 0. The first-order valence-electron chi connectivity index (χ1n) is 9.39. The molecule has 0 radical (unpaired) electrons. The third-order valence-corrected chi connectivity index (χ3v) is 4.24. The Morgan fingerprint density at radius 1 is 1.04 bits per heavy atom. The van der Waals surface area contributed by atoms with Crippen LogP contribution in [0.1, 0.15) is 51.0 Å². The number of rotatable bonds is 13. The normalized spacial score (nSPS) is 12.6. The molecule has 2 atom stereocenters. The summed E-state index contributed by atoms with van der Waals surface area (Å²) in [5.74, 6) is -1.87. The molecule has 148 valence electrons. The first-order valence-corrected chi connectivity index (χ1v) is 9.39. The lowest BCUT2D eigenvalue weighted by atomic mass is 10.0. The molecule has 0 aromatic heterocycles. The van der Waals surface area contributed by atoms with Gasteiger partial charge >= 0.3 is 5.97 Å². The molecule has 1 rings (SSSR count). The predicted molar refractivity (Wildman–Crippen MR) is 105 cm³/mol. The Morgan fingerprint density at radius 2 is 1.70 bits per heavy atom. The Morgan fingerprint density at radius 3 is 2.30 bits per heavy atom. The van der Waals surface area contributed by atoms with Crippen LogP contribution in [0.3, 0.4) is 0 Å². The van der Waals surface area contributed by atoms with Gasteiger partial charge in [-0.2, -0.15) is 0 Å². The van der Waals surface area contributed by atoms with Gasteiger partial charge in [0.05, 0.1) is 0 Å². The molecule has 0 saturated heterocycles. The lowest BCUT2D eigenvalue weighted by Gasteiger charge is -2.21. The number of amides is 2. The van der Waals surface area contributed by atoms with Gasteiger partial charge < -0.3 is 15.7 Å². The highest BCUT2D eigenvalue weighted by Gasteiger charge is 2.25. The van der Waals surface area contributed by atoms with Crippen molar-refractivity contribution in [1.82, 2.24) is 10.6 Å². The molecule has 0 aliphatic carbocycles. The average molecular weight is 374 g/mol. The van der Waals surface area contributed by atoms with Crippen molar-refractivity contribution >= 4 is 17.8 Å². The fraction of sp³-hybridized carbons (Fsp3) is 0.476. The first-order chi connectivity index (χ1) is 12.9. The van der Waals surface area contributed by atoms with Gasteiger partial charge in [0.15, 0.2) is 0 Å². The number of carboxylic acids is 1. The number of nitrogens with one attached hydrogen (secondary N) is 2. The van der Waals surface area contributed by atoms with Crippen molar-refractivity contribution in [2.24, 2.45) is 0 Å². The lowest BCUT2D eigenvalue weighted by Crippen LogP contribution is -2.52. The number of unbranched alkanes of at least 4 members (excludes halogenated alkanes) is 4. The molecule has 0 bridgehead atoms. The van der Waals surface area contributed by atoms with Crippen LogP contribution in [-0.2, 0) is 20.8 Å². The Kier molecular flexibility index (Phi) is 10.5. The van der Waals surface area contributed by atoms with Crippen molar-refractivity contribution in [2.75, 3.05) is 0 Å². The molecule has 3 N–H and O–H groups in total. The van der Waals surface area contributed by atoms with Crippen LogP contribution in [0.2, 0.25) is 0 Å². The Balaban J connectivity index is 2.61. The maximum Gasteiger partial charge on any atom is 0.326 e. The minimum Gasteiger partial charge on any atom is -0.480 e. The maximum atomic E-state index is 12.6. The number of carboxylic acid groups (broad SMARTS) is 1. The van der Waals surface area contributed by atoms with E-state index in [0.29, 0.717) is 12.8 Å². The smallest absolute Gasteiger partial charge is 0.326 e. The zero-order valence-electron chi connectivity index (χ0n) is 15.9. The zero-order valence-corrected chi connectivity index (χ0v) is 15.9. The quantitative estimate of drug-likeness (QED) is 0.365. The molecule has 0 saturated carbocycles. The molecule has 0 aliphatic rings. The molecule has 0 heterocycles. The summed E-state index contributed by atoms with van der Waals surface area (Å²) in [5.41, 5.74) is 0.889. The number of carbonyl (C=O) groups excluding carboxylic acids is 2. The molecule has 27 heavy (non-hydrogen) atoms. The highest BCUT2D eigenvalue weighted by atomic mass is 16.4. The summed E-state index contributed by atoms with van der Waals surface area (Å²) in [6.45, 7) is 5.01. The van der Waals surface area contributed by atoms with Gasteiger partial charge in [-0.15, -0.1) is 6.58 Å². The van der Waals surface area contributed by atoms with Crippen LogP contribution >= 0.6 is 0 Å². The van der Waals surface area contributed by atoms with Crippen LogP contribution in [0.4, 0.5) is 0 Å². The summed E-state index contributed by atoms with van der Waals surface area (Å²) >= 11 is 0. The van der Waals surface area contributed by atoms with E-state index < -0.39 is 24.0 Å². The van der Waals surface area contributed by atoms with Crippen molar-refractivity contribution in [2.45, 2.75) is 64.0 Å². The highest BCUT2D eigenvalue weighted by Crippen LogP contribution is 2.09. The van der Waals surface area contributed by atoms with Crippen molar-refractivity contribution in [3.63, 3.8) is 0 Å². The molecule has 1 aromatic rings. The van der Waals surface area contributed by atoms with E-state index >= 15 is 0 Å². The van der Waals surface area contributed by atoms with Crippen LogP contribution in [0.25, 0.3) is 0 Å². The van der Waals surface area contributed by atoms with Crippen molar-refractivity contribution < 1.29 is 19.5 Å². The molecule has 6 nitrogen and oxygen atoms in total.